The highest BCUT2D eigenvalue weighted by Gasteiger charge is 2.17. The van der Waals surface area contributed by atoms with E-state index in [4.69, 9.17) is 4.74 Å². The topological polar surface area (TPSA) is 59.9 Å². The van der Waals surface area contributed by atoms with Crippen molar-refractivity contribution in [3.8, 4) is 5.75 Å². The monoisotopic (exact) mass is 325 g/mol. The van der Waals surface area contributed by atoms with Gasteiger partial charge in [0, 0.05) is 15.8 Å². The number of rotatable bonds is 3. The van der Waals surface area contributed by atoms with Crippen LogP contribution < -0.4 is 10.3 Å². The van der Waals surface area contributed by atoms with E-state index >= 15 is 0 Å². The van der Waals surface area contributed by atoms with Crippen molar-refractivity contribution in [3.63, 3.8) is 0 Å². The summed E-state index contributed by atoms with van der Waals surface area (Å²) < 4.78 is 8.60. The highest BCUT2D eigenvalue weighted by Crippen LogP contribution is 2.34. The van der Waals surface area contributed by atoms with Gasteiger partial charge in [0.25, 0.3) is 5.56 Å². The number of nitrogens with one attached hydrogen (secondary N) is 1. The van der Waals surface area contributed by atoms with Crippen LogP contribution in [0.5, 0.6) is 5.75 Å². The molecule has 4 aromatic rings. The number of aromatic nitrogens is 3. The number of fused-ring (bicyclic) bond motifs is 3. The molecule has 1 N–H and O–H groups in total. The lowest BCUT2D eigenvalue weighted by molar-refractivity contribution is 0.409. The van der Waals surface area contributed by atoms with Crippen molar-refractivity contribution in [2.24, 2.45) is 0 Å². The van der Waals surface area contributed by atoms with E-state index in [1.54, 1.807) is 24.6 Å². The number of hydrogen-bond acceptors (Lipinski definition) is 4. The van der Waals surface area contributed by atoms with Gasteiger partial charge in [-0.25, -0.2) is 5.10 Å². The van der Waals surface area contributed by atoms with E-state index in [0.717, 1.165) is 26.9 Å². The van der Waals surface area contributed by atoms with Crippen LogP contribution in [0.1, 0.15) is 10.4 Å². The Bertz CT molecular complexity index is 1070. The first-order valence-corrected chi connectivity index (χ1v) is 8.08. The Kier molecular flexibility index (Phi) is 3.20. The van der Waals surface area contributed by atoms with Crippen molar-refractivity contribution in [3.05, 3.63) is 57.3 Å². The van der Waals surface area contributed by atoms with Gasteiger partial charge in [-0.3, -0.25) is 4.79 Å². The number of H-pyrrole nitrogens is 1. The van der Waals surface area contributed by atoms with E-state index in [1.807, 2.05) is 28.8 Å². The molecule has 4 rings (SSSR count). The van der Waals surface area contributed by atoms with Gasteiger partial charge in [-0.2, -0.15) is 5.10 Å². The van der Waals surface area contributed by atoms with Gasteiger partial charge in [-0.1, -0.05) is 18.2 Å². The Morgan fingerprint density at radius 2 is 2.17 bits per heavy atom. The maximum atomic E-state index is 12.3. The smallest absolute Gasteiger partial charge is 0.288 e. The third kappa shape index (κ3) is 2.14. The second-order valence-electron chi connectivity index (χ2n) is 5.43. The van der Waals surface area contributed by atoms with Crippen LogP contribution in [-0.4, -0.2) is 21.9 Å². The molecule has 0 saturated heterocycles. The second-order valence-corrected chi connectivity index (χ2v) is 6.69. The van der Waals surface area contributed by atoms with Crippen molar-refractivity contribution in [2.45, 2.75) is 13.5 Å². The minimum absolute atomic E-state index is 0.168. The molecule has 5 nitrogen and oxygen atoms in total. The summed E-state index contributed by atoms with van der Waals surface area (Å²) in [6.45, 7) is 2.65. The Balaban J connectivity index is 2.02. The fourth-order valence-electron chi connectivity index (χ4n) is 3.01. The quantitative estimate of drug-likeness (QED) is 0.629. The SMILES string of the molecule is COc1ccccc1Cn1c2cc(C)sc2c2cn[nH]c(=O)c21. The van der Waals surface area contributed by atoms with Crippen LogP contribution in [0.4, 0.5) is 0 Å². The van der Waals surface area contributed by atoms with Gasteiger partial charge in [0.2, 0.25) is 0 Å². The Morgan fingerprint density at radius 3 is 3.00 bits per heavy atom. The Morgan fingerprint density at radius 1 is 1.35 bits per heavy atom. The molecule has 23 heavy (non-hydrogen) atoms. The number of hydrogen-bond donors (Lipinski definition) is 1. The largest absolute Gasteiger partial charge is 0.496 e. The van der Waals surface area contributed by atoms with Crippen molar-refractivity contribution >= 4 is 32.5 Å². The van der Waals surface area contributed by atoms with Crippen molar-refractivity contribution < 1.29 is 4.74 Å². The molecule has 0 fully saturated rings. The number of benzene rings is 1. The molecular weight excluding hydrogens is 310 g/mol. The summed E-state index contributed by atoms with van der Waals surface area (Å²) in [5.74, 6) is 0.819. The Labute approximate surface area is 136 Å². The summed E-state index contributed by atoms with van der Waals surface area (Å²) in [4.78, 5) is 13.5. The van der Waals surface area contributed by atoms with Gasteiger partial charge in [0.15, 0.2) is 0 Å². The second kappa shape index (κ2) is 5.24. The molecule has 0 atom stereocenters. The van der Waals surface area contributed by atoms with Gasteiger partial charge < -0.3 is 9.30 Å². The molecule has 3 heterocycles. The normalized spacial score (nSPS) is 11.4. The van der Waals surface area contributed by atoms with Gasteiger partial charge >= 0.3 is 0 Å². The molecule has 0 saturated carbocycles. The molecule has 1 aromatic carbocycles. The first-order valence-electron chi connectivity index (χ1n) is 7.27. The fourth-order valence-corrected chi connectivity index (χ4v) is 4.03. The molecule has 6 heteroatoms. The zero-order valence-electron chi connectivity index (χ0n) is 12.8. The summed E-state index contributed by atoms with van der Waals surface area (Å²) in [7, 11) is 1.66. The average molecular weight is 325 g/mol. The Hall–Kier alpha value is -2.60. The average Bonchev–Trinajstić information content (AvgIpc) is 3.06. The molecule has 0 amide bonds. The van der Waals surface area contributed by atoms with Crippen LogP contribution in [0.3, 0.4) is 0 Å². The molecule has 0 aliphatic carbocycles. The molecule has 116 valence electrons. The number of nitrogens with zero attached hydrogens (tertiary/aromatic N) is 2. The molecule has 0 unspecified atom stereocenters. The van der Waals surface area contributed by atoms with Crippen LogP contribution in [0, 0.1) is 6.92 Å². The van der Waals surface area contributed by atoms with Crippen molar-refractivity contribution in [1.29, 1.82) is 0 Å². The molecule has 3 aromatic heterocycles. The van der Waals surface area contributed by atoms with E-state index in [2.05, 4.69) is 23.2 Å². The maximum Gasteiger partial charge on any atom is 0.288 e. The number of ether oxygens (including phenoxy) is 1. The zero-order valence-corrected chi connectivity index (χ0v) is 13.6. The van der Waals surface area contributed by atoms with Crippen LogP contribution in [0.2, 0.25) is 0 Å². The lowest BCUT2D eigenvalue weighted by Crippen LogP contribution is -2.13. The standard InChI is InChI=1S/C17H15N3O2S/c1-10-7-13-16(23-10)12-8-18-19-17(21)15(12)20(13)9-11-5-3-4-6-14(11)22-2/h3-8H,9H2,1-2H3,(H,19,21). The molecule has 0 bridgehead atoms. The molecule has 0 aliphatic heterocycles. The van der Waals surface area contributed by atoms with E-state index in [1.165, 1.54) is 4.88 Å². The summed E-state index contributed by atoms with van der Waals surface area (Å²) in [5.41, 5.74) is 2.59. The van der Waals surface area contributed by atoms with Crippen LogP contribution >= 0.6 is 11.3 Å². The zero-order chi connectivity index (χ0) is 16.0. The summed E-state index contributed by atoms with van der Waals surface area (Å²) >= 11 is 1.69. The van der Waals surface area contributed by atoms with Gasteiger partial charge in [0.1, 0.15) is 11.3 Å². The van der Waals surface area contributed by atoms with E-state index in [9.17, 15) is 4.79 Å². The summed E-state index contributed by atoms with van der Waals surface area (Å²) in [5, 5.41) is 7.40. The van der Waals surface area contributed by atoms with Gasteiger partial charge in [-0.05, 0) is 19.1 Å². The van der Waals surface area contributed by atoms with Crippen LogP contribution in [0.15, 0.2) is 41.3 Å². The number of aryl methyl sites for hydroxylation is 1. The van der Waals surface area contributed by atoms with Crippen LogP contribution in [0.25, 0.3) is 21.1 Å². The first-order chi connectivity index (χ1) is 11.2. The summed E-state index contributed by atoms with van der Waals surface area (Å²) in [6, 6.07) is 9.99. The predicted molar refractivity (Wildman–Crippen MR) is 92.6 cm³/mol. The van der Waals surface area contributed by atoms with Crippen molar-refractivity contribution in [1.82, 2.24) is 14.8 Å². The third-order valence-electron chi connectivity index (χ3n) is 3.99. The maximum absolute atomic E-state index is 12.3. The molecule has 0 aliphatic rings. The highest BCUT2D eigenvalue weighted by atomic mass is 32.1. The predicted octanol–water partition coefficient (Wildman–Crippen LogP) is 3.30. The number of para-hydroxylation sites is 1. The lowest BCUT2D eigenvalue weighted by atomic mass is 10.2. The minimum atomic E-state index is -0.168. The molecule has 0 radical (unpaired) electrons. The number of thiophene rings is 1. The number of methoxy groups -OCH3 is 1. The number of aromatic amines is 1. The summed E-state index contributed by atoms with van der Waals surface area (Å²) in [6.07, 6.45) is 1.73. The third-order valence-corrected chi connectivity index (χ3v) is 5.06. The fraction of sp³-hybridized carbons (Fsp3) is 0.176. The highest BCUT2D eigenvalue weighted by molar-refractivity contribution is 7.20. The molecule has 0 spiro atoms. The van der Waals surface area contributed by atoms with Gasteiger partial charge in [0.05, 0.1) is 30.1 Å². The van der Waals surface area contributed by atoms with E-state index < -0.39 is 0 Å². The van der Waals surface area contributed by atoms with E-state index in [-0.39, 0.29) is 5.56 Å². The van der Waals surface area contributed by atoms with Crippen molar-refractivity contribution in [2.75, 3.05) is 7.11 Å². The van der Waals surface area contributed by atoms with Gasteiger partial charge in [-0.15, -0.1) is 11.3 Å². The lowest BCUT2D eigenvalue weighted by Gasteiger charge is -2.10. The first kappa shape index (κ1) is 14.0. The minimum Gasteiger partial charge on any atom is -0.496 e. The van der Waals surface area contributed by atoms with E-state index in [0.29, 0.717) is 12.1 Å². The van der Waals surface area contributed by atoms with Crippen LogP contribution in [-0.2, 0) is 6.54 Å². The molecular formula is C17H15N3O2S.